The van der Waals surface area contributed by atoms with Crippen molar-refractivity contribution in [1.82, 2.24) is 15.0 Å². The lowest BCUT2D eigenvalue weighted by Gasteiger charge is -2.21. The van der Waals surface area contributed by atoms with E-state index in [1.165, 1.54) is 0 Å². The molecule has 0 aromatic carbocycles. The fourth-order valence-corrected chi connectivity index (χ4v) is 2.92. The molecule has 1 fully saturated rings. The van der Waals surface area contributed by atoms with Crippen LogP contribution in [0, 0.1) is 12.8 Å². The van der Waals surface area contributed by atoms with Gasteiger partial charge in [0, 0.05) is 37.7 Å². The molecule has 0 radical (unpaired) electrons. The first kappa shape index (κ1) is 16.5. The van der Waals surface area contributed by atoms with Crippen molar-refractivity contribution in [1.29, 1.82) is 0 Å². The molecule has 6 nitrogen and oxygen atoms in total. The van der Waals surface area contributed by atoms with E-state index in [0.29, 0.717) is 11.8 Å². The van der Waals surface area contributed by atoms with Gasteiger partial charge in [-0.2, -0.15) is 0 Å². The van der Waals surface area contributed by atoms with Gasteiger partial charge < -0.3 is 15.0 Å². The maximum absolute atomic E-state index is 5.79. The third-order valence-corrected chi connectivity index (χ3v) is 4.04. The number of aromatic nitrogens is 3. The summed E-state index contributed by atoms with van der Waals surface area (Å²) < 4.78 is 5.79. The summed E-state index contributed by atoms with van der Waals surface area (Å²) in [5.74, 6) is 2.97. The van der Waals surface area contributed by atoms with Crippen LogP contribution in [-0.4, -0.2) is 40.7 Å². The van der Waals surface area contributed by atoms with Crippen molar-refractivity contribution < 1.29 is 4.74 Å². The van der Waals surface area contributed by atoms with Gasteiger partial charge >= 0.3 is 0 Å². The number of pyridine rings is 1. The van der Waals surface area contributed by atoms with Crippen molar-refractivity contribution >= 4 is 11.6 Å². The lowest BCUT2D eigenvalue weighted by molar-refractivity contribution is 0.232. The molecule has 3 heterocycles. The minimum Gasteiger partial charge on any atom is -0.472 e. The van der Waals surface area contributed by atoms with Crippen LogP contribution in [0.15, 0.2) is 30.6 Å². The molecule has 0 spiro atoms. The number of hydrogen-bond acceptors (Lipinski definition) is 6. The predicted molar refractivity (Wildman–Crippen MR) is 95.6 cm³/mol. The molecule has 0 amide bonds. The van der Waals surface area contributed by atoms with E-state index >= 15 is 0 Å². The smallest absolute Gasteiger partial charge is 0.257 e. The van der Waals surface area contributed by atoms with Crippen molar-refractivity contribution in [3.8, 4) is 5.88 Å². The van der Waals surface area contributed by atoms with Crippen molar-refractivity contribution in [2.24, 2.45) is 5.92 Å². The fourth-order valence-electron chi connectivity index (χ4n) is 2.92. The van der Waals surface area contributed by atoms with Crippen LogP contribution in [0.3, 0.4) is 0 Å². The minimum atomic E-state index is 0.0907. The second-order valence-corrected chi connectivity index (χ2v) is 6.50. The lowest BCUT2D eigenvalue weighted by atomic mass is 10.1. The maximum atomic E-state index is 5.79. The fraction of sp³-hybridized carbons (Fsp3) is 0.500. The predicted octanol–water partition coefficient (Wildman–Crippen LogP) is 2.91. The molecule has 0 aliphatic carbocycles. The molecular formula is C18H25N5O. The highest BCUT2D eigenvalue weighted by Crippen LogP contribution is 2.29. The van der Waals surface area contributed by atoms with Crippen LogP contribution in [0.25, 0.3) is 0 Å². The first-order chi connectivity index (χ1) is 11.6. The zero-order valence-electron chi connectivity index (χ0n) is 14.6. The molecule has 24 heavy (non-hydrogen) atoms. The zero-order valence-corrected chi connectivity index (χ0v) is 14.6. The van der Waals surface area contributed by atoms with Crippen LogP contribution in [-0.2, 0) is 0 Å². The molecule has 1 aliphatic rings. The third-order valence-electron chi connectivity index (χ3n) is 4.04. The molecule has 128 valence electrons. The summed E-state index contributed by atoms with van der Waals surface area (Å²) in [6, 6.07) is 6.05. The van der Waals surface area contributed by atoms with Crippen LogP contribution < -0.4 is 15.0 Å². The van der Waals surface area contributed by atoms with Gasteiger partial charge in [0.25, 0.3) is 5.88 Å². The van der Waals surface area contributed by atoms with Gasteiger partial charge in [0.2, 0.25) is 0 Å². The monoisotopic (exact) mass is 327 g/mol. The average Bonchev–Trinajstić information content (AvgIpc) is 3.02. The summed E-state index contributed by atoms with van der Waals surface area (Å²) >= 11 is 0. The Labute approximate surface area is 143 Å². The normalized spacial score (nSPS) is 17.3. The molecule has 3 rings (SSSR count). The molecule has 2 aromatic heterocycles. The zero-order chi connectivity index (χ0) is 16.9. The molecule has 1 atom stereocenters. The number of ether oxygens (including phenoxy) is 1. The van der Waals surface area contributed by atoms with E-state index in [4.69, 9.17) is 4.74 Å². The summed E-state index contributed by atoms with van der Waals surface area (Å²) in [5, 5.41) is 3.44. The van der Waals surface area contributed by atoms with E-state index in [-0.39, 0.29) is 6.10 Å². The van der Waals surface area contributed by atoms with Crippen LogP contribution >= 0.6 is 0 Å². The summed E-state index contributed by atoms with van der Waals surface area (Å²) in [7, 11) is 0. The molecule has 2 aromatic rings. The largest absolute Gasteiger partial charge is 0.472 e. The Hall–Kier alpha value is -2.37. The Balaban J connectivity index is 1.59. The quantitative estimate of drug-likeness (QED) is 0.880. The highest BCUT2D eigenvalue weighted by Gasteiger charge is 2.26. The Morgan fingerprint density at radius 2 is 2.12 bits per heavy atom. The topological polar surface area (TPSA) is 63.2 Å². The van der Waals surface area contributed by atoms with Crippen molar-refractivity contribution in [2.75, 3.05) is 29.9 Å². The van der Waals surface area contributed by atoms with Gasteiger partial charge in [-0.25, -0.2) is 15.0 Å². The van der Waals surface area contributed by atoms with Crippen LogP contribution in [0.5, 0.6) is 5.88 Å². The number of hydrogen-bond donors (Lipinski definition) is 1. The Morgan fingerprint density at radius 1 is 1.29 bits per heavy atom. The van der Waals surface area contributed by atoms with E-state index in [2.05, 4.69) is 25.2 Å². The van der Waals surface area contributed by atoms with E-state index in [0.717, 1.165) is 43.4 Å². The van der Waals surface area contributed by atoms with Gasteiger partial charge in [0.15, 0.2) is 5.82 Å². The maximum Gasteiger partial charge on any atom is 0.257 e. The van der Waals surface area contributed by atoms with Gasteiger partial charge in [-0.3, -0.25) is 0 Å². The lowest BCUT2D eigenvalue weighted by Crippen LogP contribution is -2.25. The molecule has 1 saturated heterocycles. The van der Waals surface area contributed by atoms with Gasteiger partial charge in [0.1, 0.15) is 5.82 Å². The first-order valence-corrected chi connectivity index (χ1v) is 8.52. The highest BCUT2D eigenvalue weighted by molar-refractivity contribution is 5.49. The number of nitrogens with one attached hydrogen (secondary N) is 1. The molecule has 6 heteroatoms. The average molecular weight is 327 g/mol. The molecule has 0 saturated carbocycles. The first-order valence-electron chi connectivity index (χ1n) is 8.52. The molecular weight excluding hydrogens is 302 g/mol. The van der Waals surface area contributed by atoms with Gasteiger partial charge in [-0.1, -0.05) is 6.07 Å². The second kappa shape index (κ2) is 7.47. The number of rotatable bonds is 6. The summed E-state index contributed by atoms with van der Waals surface area (Å²) in [6.07, 6.45) is 4.62. The number of anilines is 2. The second-order valence-electron chi connectivity index (χ2n) is 6.50. The van der Waals surface area contributed by atoms with Crippen molar-refractivity contribution in [2.45, 2.75) is 33.3 Å². The Kier molecular flexibility index (Phi) is 5.13. The van der Waals surface area contributed by atoms with Crippen LogP contribution in [0.1, 0.15) is 26.0 Å². The standard InChI is InChI=1S/C18H25N5O/c1-13(2)24-18-17(19-8-9-20-18)23-10-7-15(12-23)11-21-16-6-4-5-14(3)22-16/h4-6,8-9,13,15H,7,10-12H2,1-3H3,(H,21,22). The van der Waals surface area contributed by atoms with E-state index < -0.39 is 0 Å². The van der Waals surface area contributed by atoms with Crippen molar-refractivity contribution in [3.05, 3.63) is 36.3 Å². The molecule has 1 N–H and O–H groups in total. The molecule has 1 unspecified atom stereocenters. The molecule has 1 aliphatic heterocycles. The third kappa shape index (κ3) is 4.13. The van der Waals surface area contributed by atoms with Crippen molar-refractivity contribution in [3.63, 3.8) is 0 Å². The Bertz CT molecular complexity index is 676. The van der Waals surface area contributed by atoms with Crippen LogP contribution in [0.2, 0.25) is 0 Å². The number of aryl methyl sites for hydroxylation is 1. The Morgan fingerprint density at radius 3 is 2.92 bits per heavy atom. The van der Waals surface area contributed by atoms with Crippen LogP contribution in [0.4, 0.5) is 11.6 Å². The minimum absolute atomic E-state index is 0.0907. The summed E-state index contributed by atoms with van der Waals surface area (Å²) in [5.41, 5.74) is 1.03. The SMILES string of the molecule is Cc1cccc(NCC2CCN(c3nccnc3OC(C)C)C2)n1. The van der Waals surface area contributed by atoms with Gasteiger partial charge in [0.05, 0.1) is 6.10 Å². The van der Waals surface area contributed by atoms with Gasteiger partial charge in [-0.05, 0) is 45.2 Å². The highest BCUT2D eigenvalue weighted by atomic mass is 16.5. The van der Waals surface area contributed by atoms with Gasteiger partial charge in [-0.15, -0.1) is 0 Å². The number of nitrogens with zero attached hydrogens (tertiary/aromatic N) is 4. The van der Waals surface area contributed by atoms with E-state index in [1.807, 2.05) is 39.0 Å². The summed E-state index contributed by atoms with van der Waals surface area (Å²) in [4.78, 5) is 15.6. The van der Waals surface area contributed by atoms with E-state index in [9.17, 15) is 0 Å². The van der Waals surface area contributed by atoms with E-state index in [1.54, 1.807) is 12.4 Å². The summed E-state index contributed by atoms with van der Waals surface area (Å²) in [6.45, 7) is 8.85. The molecule has 0 bridgehead atoms.